The first-order valence-electron chi connectivity index (χ1n) is 12.9. The Morgan fingerprint density at radius 1 is 1.06 bits per heavy atom. The Kier molecular flexibility index (Phi) is 6.03. The summed E-state index contributed by atoms with van der Waals surface area (Å²) < 4.78 is 11.8. The van der Waals surface area contributed by atoms with Gasteiger partial charge in [-0.25, -0.2) is 0 Å². The van der Waals surface area contributed by atoms with E-state index in [0.717, 1.165) is 44.2 Å². The molecule has 3 saturated carbocycles. The van der Waals surface area contributed by atoms with Crippen molar-refractivity contribution in [2.24, 2.45) is 39.7 Å². The van der Waals surface area contributed by atoms with Crippen LogP contribution >= 0.6 is 0 Å². The Morgan fingerprint density at radius 2 is 1.73 bits per heavy atom. The summed E-state index contributed by atoms with van der Waals surface area (Å²) in [6.07, 6.45) is 9.26. The smallest absolute Gasteiger partial charge is 0.303 e. The normalized spacial score (nSPS) is 43.8. The Morgan fingerprint density at radius 3 is 2.33 bits per heavy atom. The molecule has 0 aliphatic heterocycles. The number of oxime groups is 1. The highest BCUT2D eigenvalue weighted by atomic mass is 28.4. The molecule has 0 aromatic rings. The van der Waals surface area contributed by atoms with Gasteiger partial charge >= 0.3 is 5.97 Å². The molecule has 4 aliphatic rings. The van der Waals surface area contributed by atoms with E-state index in [9.17, 15) is 9.59 Å². The van der Waals surface area contributed by atoms with Crippen LogP contribution in [-0.2, 0) is 18.9 Å². The molecule has 0 amide bonds. The predicted octanol–water partition coefficient (Wildman–Crippen LogP) is 6.29. The number of esters is 1. The highest BCUT2D eigenvalue weighted by molar-refractivity contribution is 6.69. The molecule has 0 aromatic heterocycles. The minimum absolute atomic E-state index is 0.0257. The van der Waals surface area contributed by atoms with Crippen molar-refractivity contribution in [2.75, 3.05) is 0 Å². The van der Waals surface area contributed by atoms with Gasteiger partial charge in [0.1, 0.15) is 0 Å². The summed E-state index contributed by atoms with van der Waals surface area (Å²) in [5.74, 6) is 1.77. The van der Waals surface area contributed by atoms with Crippen molar-refractivity contribution in [3.8, 4) is 0 Å². The van der Waals surface area contributed by atoms with Gasteiger partial charge < -0.3 is 9.26 Å². The first kappa shape index (κ1) is 24.7. The number of ether oxygens (including phenoxy) is 1. The molecule has 0 bridgehead atoms. The summed E-state index contributed by atoms with van der Waals surface area (Å²) in [5.41, 5.74) is 1.60. The largest absolute Gasteiger partial charge is 0.455 e. The molecule has 7 atom stereocenters. The van der Waals surface area contributed by atoms with Gasteiger partial charge in [0, 0.05) is 12.3 Å². The number of rotatable bonds is 4. The van der Waals surface area contributed by atoms with Crippen LogP contribution in [0.3, 0.4) is 0 Å². The Bertz CT molecular complexity index is 904. The van der Waals surface area contributed by atoms with Gasteiger partial charge in [-0.2, -0.15) is 0 Å². The Balaban J connectivity index is 1.66. The minimum atomic E-state index is -1.69. The molecule has 0 spiro atoms. The lowest BCUT2D eigenvalue weighted by Gasteiger charge is -2.60. The number of hydrogen-bond acceptors (Lipinski definition) is 5. The van der Waals surface area contributed by atoms with Gasteiger partial charge in [-0.1, -0.05) is 26.3 Å². The molecule has 33 heavy (non-hydrogen) atoms. The van der Waals surface area contributed by atoms with Crippen molar-refractivity contribution in [3.05, 3.63) is 11.6 Å². The minimum Gasteiger partial charge on any atom is -0.455 e. The molecule has 0 aromatic carbocycles. The molecule has 0 saturated heterocycles. The van der Waals surface area contributed by atoms with Crippen LogP contribution in [0.5, 0.6) is 0 Å². The molecule has 4 aliphatic carbocycles. The van der Waals surface area contributed by atoms with Crippen LogP contribution in [0, 0.1) is 34.5 Å². The van der Waals surface area contributed by atoms with E-state index in [4.69, 9.17) is 9.26 Å². The summed E-state index contributed by atoms with van der Waals surface area (Å²) in [6, 6.07) is 0. The van der Waals surface area contributed by atoms with Gasteiger partial charge in [-0.3, -0.25) is 9.59 Å². The average molecular weight is 474 g/mol. The van der Waals surface area contributed by atoms with Gasteiger partial charge in [-0.15, -0.1) is 5.16 Å². The maximum absolute atomic E-state index is 12.9. The van der Waals surface area contributed by atoms with Gasteiger partial charge in [0.2, 0.25) is 0 Å². The molecule has 184 valence electrons. The Hall–Kier alpha value is -1.43. The summed E-state index contributed by atoms with van der Waals surface area (Å²) in [4.78, 5) is 25.0. The fourth-order valence-corrected chi connectivity index (χ4v) is 8.72. The third-order valence-electron chi connectivity index (χ3n) is 9.74. The first-order valence-corrected chi connectivity index (χ1v) is 16.3. The molecule has 0 heterocycles. The second-order valence-corrected chi connectivity index (χ2v) is 17.2. The second kappa shape index (κ2) is 8.06. The topological polar surface area (TPSA) is 65.0 Å². The number of Topliss-reactive ketones (excluding diaryl/α,β-unsaturated/α-hetero) is 1. The monoisotopic (exact) mass is 473 g/mol. The van der Waals surface area contributed by atoms with Crippen molar-refractivity contribution in [1.29, 1.82) is 0 Å². The standard InChI is InChI=1S/C27H43NO4Si/c1-17-15-21-22(25(4)12-9-20(16-24(17)25)28-32-33(6,7)8)10-13-26(5)23(21)11-14-27(26,18(2)29)31-19(3)30/h16-17,21-23H,9-15H2,1-8H3/b28-20+. The highest BCUT2D eigenvalue weighted by Crippen LogP contribution is 2.69. The van der Waals surface area contributed by atoms with E-state index in [1.807, 2.05) is 0 Å². The zero-order valence-electron chi connectivity index (χ0n) is 21.9. The summed E-state index contributed by atoms with van der Waals surface area (Å²) in [7, 11) is -1.69. The van der Waals surface area contributed by atoms with E-state index in [1.54, 1.807) is 12.5 Å². The van der Waals surface area contributed by atoms with Crippen molar-refractivity contribution in [2.45, 2.75) is 105 Å². The lowest BCUT2D eigenvalue weighted by molar-refractivity contribution is -0.187. The fourth-order valence-electron chi connectivity index (χ4n) is 8.32. The molecule has 0 N–H and O–H groups in total. The molecule has 4 rings (SSSR count). The van der Waals surface area contributed by atoms with Gasteiger partial charge in [0.05, 0.1) is 5.71 Å². The molecule has 3 fully saturated rings. The van der Waals surface area contributed by atoms with Crippen LogP contribution in [0.2, 0.25) is 19.6 Å². The molecule has 5 nitrogen and oxygen atoms in total. The van der Waals surface area contributed by atoms with Crippen LogP contribution in [0.1, 0.15) is 79.6 Å². The van der Waals surface area contributed by atoms with Crippen molar-refractivity contribution >= 4 is 25.8 Å². The maximum atomic E-state index is 12.9. The van der Waals surface area contributed by atoms with Crippen molar-refractivity contribution in [1.82, 2.24) is 0 Å². The van der Waals surface area contributed by atoms with Gasteiger partial charge in [0.25, 0.3) is 8.32 Å². The SMILES string of the molecule is CC(=O)OC1(C(C)=O)CCC2C3CC(C)C4=C/C(=N/O[Si](C)(C)C)CCC4(C)C3CCC21C. The third kappa shape index (κ3) is 3.84. The number of nitrogens with zero attached hydrogens (tertiary/aromatic N) is 1. The molecule has 0 radical (unpaired) electrons. The fraction of sp³-hybridized carbons (Fsp3) is 0.815. The maximum Gasteiger partial charge on any atom is 0.303 e. The number of fused-ring (bicyclic) bond motifs is 5. The zero-order valence-corrected chi connectivity index (χ0v) is 22.9. The molecular weight excluding hydrogens is 430 g/mol. The predicted molar refractivity (Wildman–Crippen MR) is 133 cm³/mol. The number of carbonyl (C=O) groups excluding carboxylic acids is 2. The van der Waals surface area contributed by atoms with E-state index < -0.39 is 13.9 Å². The summed E-state index contributed by atoms with van der Waals surface area (Å²) in [5, 5.41) is 4.56. The van der Waals surface area contributed by atoms with Crippen LogP contribution in [0.15, 0.2) is 16.8 Å². The van der Waals surface area contributed by atoms with Crippen molar-refractivity contribution < 1.29 is 18.9 Å². The quantitative estimate of drug-likeness (QED) is 0.273. The molecule has 7 unspecified atom stereocenters. The van der Waals surface area contributed by atoms with Gasteiger partial charge in [0.15, 0.2) is 11.4 Å². The zero-order chi connectivity index (χ0) is 24.4. The van der Waals surface area contributed by atoms with Gasteiger partial charge in [-0.05, 0) is 107 Å². The highest BCUT2D eigenvalue weighted by Gasteiger charge is 2.68. The lowest BCUT2D eigenvalue weighted by atomic mass is 9.44. The van der Waals surface area contributed by atoms with E-state index in [1.165, 1.54) is 6.92 Å². The number of ketones is 1. The van der Waals surface area contributed by atoms with E-state index in [-0.39, 0.29) is 22.6 Å². The van der Waals surface area contributed by atoms with Crippen molar-refractivity contribution in [3.63, 3.8) is 0 Å². The van der Waals surface area contributed by atoms with E-state index in [0.29, 0.717) is 30.1 Å². The third-order valence-corrected chi connectivity index (χ3v) is 10.4. The first-order chi connectivity index (χ1) is 15.2. The molecular formula is C27H43NO4Si. The molecule has 6 heteroatoms. The van der Waals surface area contributed by atoms with Crippen LogP contribution in [0.4, 0.5) is 0 Å². The Labute approximate surface area is 200 Å². The summed E-state index contributed by atoms with van der Waals surface area (Å²) >= 11 is 0. The number of hydrogen-bond donors (Lipinski definition) is 0. The average Bonchev–Trinajstić information content (AvgIpc) is 2.99. The van der Waals surface area contributed by atoms with Crippen LogP contribution in [0.25, 0.3) is 0 Å². The van der Waals surface area contributed by atoms with E-state index in [2.05, 4.69) is 51.6 Å². The second-order valence-electron chi connectivity index (χ2n) is 12.8. The number of allylic oxidation sites excluding steroid dienone is 2. The number of carbonyl (C=O) groups is 2. The lowest BCUT2D eigenvalue weighted by Crippen LogP contribution is -2.59. The summed E-state index contributed by atoms with van der Waals surface area (Å²) in [6.45, 7) is 16.7. The van der Waals surface area contributed by atoms with E-state index >= 15 is 0 Å². The van der Waals surface area contributed by atoms with Crippen LogP contribution in [-0.4, -0.2) is 31.4 Å². The van der Waals surface area contributed by atoms with Crippen LogP contribution < -0.4 is 0 Å².